The molecule has 0 bridgehead atoms. The normalized spacial score (nSPS) is 20.1. The number of carbonyl (C=O) groups is 1. The van der Waals surface area contributed by atoms with E-state index in [-0.39, 0.29) is 23.8 Å². The van der Waals surface area contributed by atoms with Gasteiger partial charge < -0.3 is 4.90 Å². The lowest BCUT2D eigenvalue weighted by Gasteiger charge is -2.13. The molecule has 1 atom stereocenters. The lowest BCUT2D eigenvalue weighted by atomic mass is 10.3. The average molecular weight is 323 g/mol. The van der Waals surface area contributed by atoms with Gasteiger partial charge >= 0.3 is 6.18 Å². The first-order valence-corrected chi connectivity index (χ1v) is 7.37. The third-order valence-corrected chi connectivity index (χ3v) is 4.51. The molecule has 0 radical (unpaired) electrons. The van der Waals surface area contributed by atoms with Crippen molar-refractivity contribution in [3.8, 4) is 0 Å². The highest BCUT2D eigenvalue weighted by molar-refractivity contribution is 7.89. The Morgan fingerprint density at radius 2 is 2.05 bits per heavy atom. The van der Waals surface area contributed by atoms with E-state index >= 15 is 0 Å². The van der Waals surface area contributed by atoms with Crippen molar-refractivity contribution in [3.63, 3.8) is 0 Å². The molecule has 116 valence electrons. The number of likely N-dealkylation sites (tertiary alicyclic amines) is 1. The van der Waals surface area contributed by atoms with Gasteiger partial charge in [-0.25, -0.2) is 13.1 Å². The van der Waals surface area contributed by atoms with Crippen LogP contribution in [0, 0.1) is 0 Å². The Morgan fingerprint density at radius 1 is 1.38 bits per heavy atom. The number of halogens is 3. The molecule has 0 aliphatic carbocycles. The van der Waals surface area contributed by atoms with Crippen molar-refractivity contribution in [2.75, 3.05) is 13.6 Å². The maximum absolute atomic E-state index is 12.4. The average Bonchev–Trinajstić information content (AvgIpc) is 2.66. The minimum atomic E-state index is -4.63. The van der Waals surface area contributed by atoms with E-state index in [0.717, 1.165) is 6.07 Å². The van der Waals surface area contributed by atoms with E-state index in [4.69, 9.17) is 0 Å². The molecule has 2 heterocycles. The van der Waals surface area contributed by atoms with E-state index in [9.17, 15) is 26.4 Å². The largest absolute Gasteiger partial charge is 0.433 e. The number of carbonyl (C=O) groups excluding carboxylic acids is 1. The van der Waals surface area contributed by atoms with Gasteiger partial charge in [-0.2, -0.15) is 13.2 Å². The van der Waals surface area contributed by atoms with Crippen LogP contribution in [0.25, 0.3) is 0 Å². The zero-order chi connectivity index (χ0) is 15.8. The number of pyridine rings is 1. The van der Waals surface area contributed by atoms with E-state index < -0.39 is 27.9 Å². The van der Waals surface area contributed by atoms with Crippen LogP contribution in [0.1, 0.15) is 12.1 Å². The number of alkyl halides is 3. The Balaban J connectivity index is 2.15. The zero-order valence-electron chi connectivity index (χ0n) is 10.9. The maximum atomic E-state index is 12.4. The minimum absolute atomic E-state index is 0.0177. The van der Waals surface area contributed by atoms with Crippen LogP contribution in [0.3, 0.4) is 0 Å². The second-order valence-electron chi connectivity index (χ2n) is 4.67. The van der Waals surface area contributed by atoms with Gasteiger partial charge in [-0.15, -0.1) is 0 Å². The molecule has 1 N–H and O–H groups in total. The Morgan fingerprint density at radius 3 is 2.48 bits per heavy atom. The molecule has 1 saturated heterocycles. The predicted molar refractivity (Wildman–Crippen MR) is 65.6 cm³/mol. The Bertz CT molecular complexity index is 643. The molecule has 1 unspecified atom stereocenters. The quantitative estimate of drug-likeness (QED) is 0.884. The van der Waals surface area contributed by atoms with Crippen molar-refractivity contribution in [2.45, 2.75) is 23.5 Å². The molecule has 6 nitrogen and oxygen atoms in total. The van der Waals surface area contributed by atoms with Crippen LogP contribution in [0.15, 0.2) is 23.2 Å². The molecule has 1 aromatic heterocycles. The molecule has 10 heteroatoms. The number of likely N-dealkylation sites (N-methyl/N-ethyl adjacent to an activating group) is 1. The van der Waals surface area contributed by atoms with Crippen molar-refractivity contribution in [2.24, 2.45) is 0 Å². The topological polar surface area (TPSA) is 79.4 Å². The van der Waals surface area contributed by atoms with Gasteiger partial charge in [-0.1, -0.05) is 0 Å². The zero-order valence-corrected chi connectivity index (χ0v) is 11.7. The summed E-state index contributed by atoms with van der Waals surface area (Å²) in [7, 11) is -2.47. The van der Waals surface area contributed by atoms with Crippen molar-refractivity contribution < 1.29 is 26.4 Å². The van der Waals surface area contributed by atoms with E-state index in [1.165, 1.54) is 11.9 Å². The first-order chi connectivity index (χ1) is 9.59. The first kappa shape index (κ1) is 15.7. The van der Waals surface area contributed by atoms with E-state index in [1.54, 1.807) is 0 Å². The number of sulfonamides is 1. The van der Waals surface area contributed by atoms with Gasteiger partial charge in [0.1, 0.15) is 10.6 Å². The Labute approximate surface area is 119 Å². The van der Waals surface area contributed by atoms with Crippen molar-refractivity contribution >= 4 is 15.9 Å². The fraction of sp³-hybridized carbons (Fsp3) is 0.455. The summed E-state index contributed by atoms with van der Waals surface area (Å²) in [6.07, 6.45) is -3.97. The molecule has 1 aliphatic heterocycles. The number of aromatic nitrogens is 1. The number of nitrogens with zero attached hydrogens (tertiary/aromatic N) is 2. The molecule has 21 heavy (non-hydrogen) atoms. The summed E-state index contributed by atoms with van der Waals surface area (Å²) >= 11 is 0. The molecule has 2 rings (SSSR count). The number of rotatable bonds is 3. The molecule has 0 saturated carbocycles. The van der Waals surface area contributed by atoms with Crippen LogP contribution < -0.4 is 4.72 Å². The highest BCUT2D eigenvalue weighted by Crippen LogP contribution is 2.27. The third kappa shape index (κ3) is 3.50. The first-order valence-electron chi connectivity index (χ1n) is 5.89. The number of hydrogen-bond donors (Lipinski definition) is 1. The summed E-state index contributed by atoms with van der Waals surface area (Å²) in [6, 6.07) is 0.828. The molecular weight excluding hydrogens is 311 g/mol. The van der Waals surface area contributed by atoms with Crippen LogP contribution in [0.2, 0.25) is 0 Å². The van der Waals surface area contributed by atoms with Crippen LogP contribution in [-0.2, 0) is 21.0 Å². The van der Waals surface area contributed by atoms with Crippen LogP contribution >= 0.6 is 0 Å². The van der Waals surface area contributed by atoms with Gasteiger partial charge in [0.15, 0.2) is 0 Å². The van der Waals surface area contributed by atoms with Gasteiger partial charge in [-0.05, 0) is 12.1 Å². The van der Waals surface area contributed by atoms with E-state index in [0.29, 0.717) is 12.3 Å². The molecule has 1 aromatic rings. The van der Waals surface area contributed by atoms with E-state index in [2.05, 4.69) is 9.71 Å². The van der Waals surface area contributed by atoms with Crippen molar-refractivity contribution in [1.29, 1.82) is 0 Å². The summed E-state index contributed by atoms with van der Waals surface area (Å²) < 4.78 is 63.4. The highest BCUT2D eigenvalue weighted by atomic mass is 32.2. The summed E-state index contributed by atoms with van der Waals surface area (Å²) in [5.41, 5.74) is -1.17. The Kier molecular flexibility index (Phi) is 3.93. The van der Waals surface area contributed by atoms with Gasteiger partial charge in [-0.3, -0.25) is 9.78 Å². The fourth-order valence-electron chi connectivity index (χ4n) is 1.94. The van der Waals surface area contributed by atoms with Crippen molar-refractivity contribution in [1.82, 2.24) is 14.6 Å². The van der Waals surface area contributed by atoms with Gasteiger partial charge in [0.05, 0.1) is 0 Å². The van der Waals surface area contributed by atoms with Gasteiger partial charge in [0, 0.05) is 32.3 Å². The summed E-state index contributed by atoms with van der Waals surface area (Å²) in [5, 5.41) is 0. The molecule has 0 aromatic carbocycles. The number of nitrogens with one attached hydrogen (secondary N) is 1. The molecule has 0 spiro atoms. The second kappa shape index (κ2) is 5.26. The van der Waals surface area contributed by atoms with Crippen LogP contribution in [0.5, 0.6) is 0 Å². The predicted octanol–water partition coefficient (Wildman–Crippen LogP) is 0.609. The standard InChI is InChI=1S/C11H12F3N3O3S/c1-17-6-7(4-10(17)18)16-21(19,20)8-2-3-9(15-5-8)11(12,13)14/h2-3,5,7,16H,4,6H2,1H3. The smallest absolute Gasteiger partial charge is 0.344 e. The number of hydrogen-bond acceptors (Lipinski definition) is 4. The SMILES string of the molecule is CN1CC(NS(=O)(=O)c2ccc(C(F)(F)F)nc2)CC1=O. The minimum Gasteiger partial charge on any atom is -0.344 e. The number of amides is 1. The molecule has 1 fully saturated rings. The second-order valence-corrected chi connectivity index (χ2v) is 6.39. The monoisotopic (exact) mass is 323 g/mol. The summed E-state index contributed by atoms with van der Waals surface area (Å²) in [5.74, 6) is -0.201. The fourth-order valence-corrected chi connectivity index (χ4v) is 3.11. The van der Waals surface area contributed by atoms with Crippen LogP contribution in [-0.4, -0.2) is 43.8 Å². The Hall–Kier alpha value is -1.68. The molecular formula is C11H12F3N3O3S. The summed E-state index contributed by atoms with van der Waals surface area (Å²) in [4.78, 5) is 15.4. The van der Waals surface area contributed by atoms with Gasteiger partial charge in [0.2, 0.25) is 15.9 Å². The van der Waals surface area contributed by atoms with Crippen molar-refractivity contribution in [3.05, 3.63) is 24.0 Å². The van der Waals surface area contributed by atoms with Crippen LogP contribution in [0.4, 0.5) is 13.2 Å². The maximum Gasteiger partial charge on any atom is 0.433 e. The third-order valence-electron chi connectivity index (χ3n) is 3.00. The summed E-state index contributed by atoms with van der Waals surface area (Å²) in [6.45, 7) is 0.214. The van der Waals surface area contributed by atoms with E-state index in [1.807, 2.05) is 0 Å². The van der Waals surface area contributed by atoms with Gasteiger partial charge in [0.25, 0.3) is 0 Å². The lowest BCUT2D eigenvalue weighted by molar-refractivity contribution is -0.141. The highest BCUT2D eigenvalue weighted by Gasteiger charge is 2.34. The molecule has 1 amide bonds. The molecule has 1 aliphatic rings. The lowest BCUT2D eigenvalue weighted by Crippen LogP contribution is -2.36.